The van der Waals surface area contributed by atoms with Crippen molar-refractivity contribution in [2.75, 3.05) is 109 Å². The molecule has 74 heavy (non-hydrogen) atoms. The Morgan fingerprint density at radius 1 is 0.595 bits per heavy atom. The van der Waals surface area contributed by atoms with Crippen LogP contribution in [0.5, 0.6) is 0 Å². The minimum absolute atomic E-state index is 0.0235. The van der Waals surface area contributed by atoms with Crippen molar-refractivity contribution in [3.8, 4) is 0 Å². The summed E-state index contributed by atoms with van der Waals surface area (Å²) in [6.45, 7) is 14.0. The lowest BCUT2D eigenvalue weighted by molar-refractivity contribution is 0.515. The molecule has 0 spiro atoms. The van der Waals surface area contributed by atoms with E-state index in [0.29, 0.717) is 28.9 Å². The second kappa shape index (κ2) is 22.6. The number of rotatable bonds is 10. The Kier molecular flexibility index (Phi) is 14.7. The molecular formula is C52H61N21O. The quantitative estimate of drug-likeness (QED) is 0.0889. The van der Waals surface area contributed by atoms with Gasteiger partial charge in [-0.15, -0.1) is 15.3 Å². The van der Waals surface area contributed by atoms with Gasteiger partial charge in [-0.3, -0.25) is 9.36 Å². The van der Waals surface area contributed by atoms with Crippen LogP contribution in [0.3, 0.4) is 0 Å². The molecule has 13 rings (SSSR count). The molecule has 3 saturated heterocycles. The zero-order valence-corrected chi connectivity index (χ0v) is 41.5. The maximum atomic E-state index is 12.8. The molecule has 1 aliphatic carbocycles. The fraction of sp³-hybridized carbons (Fsp3) is 0.346. The minimum Gasteiger partial charge on any atom is -0.369 e. The highest BCUT2D eigenvalue weighted by molar-refractivity contribution is 5.82. The smallest absolute Gasteiger partial charge is 0.252 e. The molecule has 380 valence electrons. The summed E-state index contributed by atoms with van der Waals surface area (Å²) < 4.78 is 3.50. The average Bonchev–Trinajstić information content (AvgIpc) is 4.27. The second-order valence-electron chi connectivity index (χ2n) is 18.7. The largest absolute Gasteiger partial charge is 0.369 e. The Labute approximate surface area is 427 Å². The predicted molar refractivity (Wildman–Crippen MR) is 291 cm³/mol. The lowest BCUT2D eigenvalue weighted by Gasteiger charge is -2.29. The third-order valence-corrected chi connectivity index (χ3v) is 13.7. The van der Waals surface area contributed by atoms with Crippen molar-refractivity contribution in [3.05, 3.63) is 126 Å². The van der Waals surface area contributed by atoms with Crippen molar-refractivity contribution in [1.29, 1.82) is 0 Å². The number of aromatic nitrogens is 12. The summed E-state index contributed by atoms with van der Waals surface area (Å²) in [5.41, 5.74) is 6.90. The van der Waals surface area contributed by atoms with Gasteiger partial charge in [-0.2, -0.15) is 9.50 Å². The summed E-state index contributed by atoms with van der Waals surface area (Å²) in [5.74, 6) is 4.26. The number of aryl methyl sites for hydroxylation is 1. The van der Waals surface area contributed by atoms with E-state index in [4.69, 9.17) is 4.98 Å². The Morgan fingerprint density at radius 2 is 1.16 bits per heavy atom. The fourth-order valence-electron chi connectivity index (χ4n) is 9.86. The predicted octanol–water partition coefficient (Wildman–Crippen LogP) is 5.55. The van der Waals surface area contributed by atoms with E-state index in [1.807, 2.05) is 91.0 Å². The molecule has 22 heteroatoms. The molecule has 0 radical (unpaired) electrons. The van der Waals surface area contributed by atoms with Gasteiger partial charge in [0.25, 0.3) is 5.56 Å². The Balaban J connectivity index is 0.000000121. The van der Waals surface area contributed by atoms with Gasteiger partial charge in [0.1, 0.15) is 35.2 Å². The van der Waals surface area contributed by atoms with Gasteiger partial charge >= 0.3 is 0 Å². The molecule has 9 aromatic rings. The van der Waals surface area contributed by atoms with E-state index >= 15 is 0 Å². The highest BCUT2D eigenvalue weighted by atomic mass is 16.1. The van der Waals surface area contributed by atoms with Crippen molar-refractivity contribution >= 4 is 79.7 Å². The van der Waals surface area contributed by atoms with Crippen molar-refractivity contribution < 1.29 is 0 Å². The van der Waals surface area contributed by atoms with Crippen LogP contribution in [-0.2, 0) is 0 Å². The number of hydrogen-bond acceptors (Lipinski definition) is 19. The Hall–Kier alpha value is -8.34. The number of hydrogen-bond donors (Lipinski definition) is 7. The first-order valence-electron chi connectivity index (χ1n) is 25.5. The van der Waals surface area contributed by atoms with Crippen LogP contribution in [-0.4, -0.2) is 138 Å². The number of H-pyrrole nitrogens is 1. The maximum Gasteiger partial charge on any atom is 0.252 e. The normalized spacial score (nSPS) is 16.1. The monoisotopic (exact) mass is 996 g/mol. The van der Waals surface area contributed by atoms with Gasteiger partial charge in [-0.1, -0.05) is 12.8 Å². The molecular weight excluding hydrogens is 935 g/mol. The highest BCUT2D eigenvalue weighted by Crippen LogP contribution is 2.31. The molecule has 0 bridgehead atoms. The van der Waals surface area contributed by atoms with Crippen LogP contribution in [0, 0.1) is 6.92 Å². The first-order chi connectivity index (χ1) is 36.5. The molecule has 0 atom stereocenters. The number of nitrogens with zero attached hydrogens (tertiary/aromatic N) is 14. The molecule has 0 unspecified atom stereocenters. The first-order valence-corrected chi connectivity index (χ1v) is 25.5. The number of nitrogens with one attached hydrogen (secondary N) is 7. The van der Waals surface area contributed by atoms with Gasteiger partial charge in [-0.05, 0) is 67.8 Å². The number of anilines is 9. The third kappa shape index (κ3) is 11.5. The summed E-state index contributed by atoms with van der Waals surface area (Å²) >= 11 is 0. The summed E-state index contributed by atoms with van der Waals surface area (Å²) in [6, 6.07) is 22.0. The molecule has 1 saturated carbocycles. The summed E-state index contributed by atoms with van der Waals surface area (Å²) in [7, 11) is 0. The summed E-state index contributed by atoms with van der Waals surface area (Å²) in [5, 5.41) is 34.1. The van der Waals surface area contributed by atoms with E-state index in [9.17, 15) is 4.79 Å². The zero-order valence-electron chi connectivity index (χ0n) is 41.5. The van der Waals surface area contributed by atoms with E-state index in [0.717, 1.165) is 149 Å². The van der Waals surface area contributed by atoms with Gasteiger partial charge in [-0.25, -0.2) is 24.9 Å². The van der Waals surface area contributed by atoms with Crippen molar-refractivity contribution in [3.63, 3.8) is 0 Å². The number of pyridine rings is 5. The number of piperazine rings is 3. The van der Waals surface area contributed by atoms with E-state index in [1.54, 1.807) is 23.1 Å². The Bertz CT molecular complexity index is 3230. The molecule has 22 nitrogen and oxygen atoms in total. The molecule has 3 aliphatic heterocycles. The standard InChI is InChI=1S/C22H27N7O.C16H18N6.C14H16N8/c1-15-12-20(30)29(16-4-2-3-5-16)21-18(15)14-25-22(27-21)26-19-13-17(6-7-24-19)28-10-8-23-9-11-28;1-3-18-14-11-20-15(9-12(1)14)21-16-10-13(2-4-19-16)22-7-5-17-6-8-22;1-2-14-19-17-10-22(14)20-12(1)18-13-9-11(3-4-16-13)21-7-5-15-6-8-21/h6-7,12-14,16,23H,2-5,8-11H2,1H3,(H,24,25,26,27);1-4,9-11,17-18H,5-8H2,(H,19,20,21);1-4,9-10,15H,5-8H2,(H,16,18,20). The molecule has 9 aromatic heterocycles. The fourth-order valence-corrected chi connectivity index (χ4v) is 9.86. The van der Waals surface area contributed by atoms with Crippen LogP contribution < -0.4 is 52.2 Å². The lowest BCUT2D eigenvalue weighted by atomic mass is 10.1. The number of aromatic amines is 1. The van der Waals surface area contributed by atoms with Crippen molar-refractivity contribution in [1.82, 2.24) is 75.2 Å². The molecule has 4 fully saturated rings. The molecule has 0 aromatic carbocycles. The van der Waals surface area contributed by atoms with Crippen LogP contribution in [0.2, 0.25) is 0 Å². The summed E-state index contributed by atoms with van der Waals surface area (Å²) in [4.78, 5) is 49.9. The first kappa shape index (κ1) is 48.0. The third-order valence-electron chi connectivity index (χ3n) is 13.7. The highest BCUT2D eigenvalue weighted by Gasteiger charge is 2.22. The molecule has 12 heterocycles. The maximum absolute atomic E-state index is 12.8. The number of fused-ring (bicyclic) bond motifs is 3. The van der Waals surface area contributed by atoms with E-state index in [2.05, 4.69) is 104 Å². The zero-order chi connectivity index (χ0) is 50.1. The topological polar surface area (TPSA) is 240 Å². The van der Waals surface area contributed by atoms with Gasteiger partial charge in [0.05, 0.1) is 11.7 Å². The summed E-state index contributed by atoms with van der Waals surface area (Å²) in [6.07, 6.45) is 17.0. The van der Waals surface area contributed by atoms with Crippen LogP contribution in [0.4, 0.5) is 52.1 Å². The van der Waals surface area contributed by atoms with Gasteiger partial charge in [0.15, 0.2) is 11.5 Å². The van der Waals surface area contributed by atoms with E-state index in [-0.39, 0.29) is 11.6 Å². The van der Waals surface area contributed by atoms with Gasteiger partial charge in [0, 0.05) is 168 Å². The van der Waals surface area contributed by atoms with Gasteiger partial charge in [0.2, 0.25) is 5.95 Å². The average molecular weight is 996 g/mol. The van der Waals surface area contributed by atoms with Crippen molar-refractivity contribution in [2.45, 2.75) is 38.6 Å². The Morgan fingerprint density at radius 3 is 1.77 bits per heavy atom. The minimum atomic E-state index is 0.0235. The SMILES string of the molecule is Cc1cc(=O)n(C2CCCC2)c2nc(Nc3cc(N4CCNCC4)ccn3)ncc12.c1cc(N2CCNCC2)cc(Nc2cc3cc[nH]c3cn2)n1.c1cc(N2CCNCC2)cc(Nc2ccc3nncn3n2)n1. The van der Waals surface area contributed by atoms with Crippen LogP contribution in [0.1, 0.15) is 37.3 Å². The lowest BCUT2D eigenvalue weighted by Crippen LogP contribution is -2.43. The van der Waals surface area contributed by atoms with Crippen LogP contribution in [0.15, 0.2) is 115 Å². The van der Waals surface area contributed by atoms with Crippen LogP contribution >= 0.6 is 0 Å². The second-order valence-corrected chi connectivity index (χ2v) is 18.7. The molecule has 4 aliphatic rings. The molecule has 0 amide bonds. The van der Waals surface area contributed by atoms with Crippen LogP contribution in [0.25, 0.3) is 27.6 Å². The van der Waals surface area contributed by atoms with Crippen molar-refractivity contribution in [2.24, 2.45) is 0 Å². The van der Waals surface area contributed by atoms with E-state index < -0.39 is 0 Å². The van der Waals surface area contributed by atoms with E-state index in [1.165, 1.54) is 11.4 Å². The van der Waals surface area contributed by atoms with Gasteiger partial charge < -0.3 is 51.6 Å². The molecule has 7 N–H and O–H groups in total.